The van der Waals surface area contributed by atoms with Crippen LogP contribution >= 0.6 is 11.6 Å². The molecule has 0 aliphatic carbocycles. The van der Waals surface area contributed by atoms with Gasteiger partial charge in [0.2, 0.25) is 0 Å². The SMILES string of the molecule is Cc1nc2ccccc2n1Cc1ccc(C#N)cc1Cl. The Balaban J connectivity index is 2.06. The van der Waals surface area contributed by atoms with Crippen molar-refractivity contribution in [3.8, 4) is 6.07 Å². The van der Waals surface area contributed by atoms with E-state index in [2.05, 4.69) is 15.6 Å². The Bertz CT molecular complexity index is 827. The predicted molar refractivity (Wildman–Crippen MR) is 79.7 cm³/mol. The minimum atomic E-state index is 0.575. The molecule has 0 amide bonds. The van der Waals surface area contributed by atoms with E-state index >= 15 is 0 Å². The average molecular weight is 282 g/mol. The monoisotopic (exact) mass is 281 g/mol. The Labute approximate surface area is 122 Å². The summed E-state index contributed by atoms with van der Waals surface area (Å²) in [7, 11) is 0. The van der Waals surface area contributed by atoms with Crippen LogP contribution in [0.3, 0.4) is 0 Å². The molecular weight excluding hydrogens is 270 g/mol. The molecular formula is C16H12ClN3. The van der Waals surface area contributed by atoms with Crippen LogP contribution in [0.25, 0.3) is 11.0 Å². The quantitative estimate of drug-likeness (QED) is 0.714. The van der Waals surface area contributed by atoms with Gasteiger partial charge >= 0.3 is 0 Å². The third-order valence-corrected chi connectivity index (χ3v) is 3.71. The van der Waals surface area contributed by atoms with Gasteiger partial charge in [0.15, 0.2) is 0 Å². The molecule has 4 heteroatoms. The zero-order valence-corrected chi connectivity index (χ0v) is 11.7. The van der Waals surface area contributed by atoms with Gasteiger partial charge in [-0.1, -0.05) is 29.8 Å². The molecule has 98 valence electrons. The standard InChI is InChI=1S/C16H12ClN3/c1-11-19-15-4-2-3-5-16(15)20(11)10-13-7-6-12(9-18)8-14(13)17/h2-8H,10H2,1H3. The van der Waals surface area contributed by atoms with Gasteiger partial charge < -0.3 is 4.57 Å². The molecule has 0 bridgehead atoms. The number of hydrogen-bond donors (Lipinski definition) is 0. The highest BCUT2D eigenvalue weighted by Crippen LogP contribution is 2.22. The Morgan fingerprint density at radius 3 is 2.80 bits per heavy atom. The molecule has 1 heterocycles. The molecule has 2 aromatic carbocycles. The first kappa shape index (κ1) is 12.7. The Kier molecular flexibility index (Phi) is 3.17. The van der Waals surface area contributed by atoms with Crippen molar-refractivity contribution in [1.29, 1.82) is 5.26 Å². The Hall–Kier alpha value is -2.31. The number of aryl methyl sites for hydroxylation is 1. The molecule has 3 aromatic rings. The second-order valence-electron chi connectivity index (χ2n) is 4.65. The van der Waals surface area contributed by atoms with E-state index in [1.165, 1.54) is 0 Å². The molecule has 3 rings (SSSR count). The van der Waals surface area contributed by atoms with Crippen LogP contribution in [0.1, 0.15) is 17.0 Å². The first-order valence-electron chi connectivity index (χ1n) is 6.29. The molecule has 0 saturated carbocycles. The highest BCUT2D eigenvalue weighted by molar-refractivity contribution is 6.31. The first-order chi connectivity index (χ1) is 9.69. The Morgan fingerprint density at radius 1 is 1.25 bits per heavy atom. The van der Waals surface area contributed by atoms with Gasteiger partial charge in [0.1, 0.15) is 5.82 Å². The van der Waals surface area contributed by atoms with E-state index < -0.39 is 0 Å². The van der Waals surface area contributed by atoms with E-state index in [4.69, 9.17) is 16.9 Å². The highest BCUT2D eigenvalue weighted by Gasteiger charge is 2.09. The van der Waals surface area contributed by atoms with Crippen LogP contribution in [0.2, 0.25) is 5.02 Å². The second kappa shape index (κ2) is 4.99. The molecule has 0 aliphatic rings. The van der Waals surface area contributed by atoms with Gasteiger partial charge in [0, 0.05) is 5.02 Å². The van der Waals surface area contributed by atoms with Gasteiger partial charge in [0.25, 0.3) is 0 Å². The molecule has 0 atom stereocenters. The third kappa shape index (κ3) is 2.15. The predicted octanol–water partition coefficient (Wildman–Crippen LogP) is 3.92. The largest absolute Gasteiger partial charge is 0.324 e. The van der Waals surface area contributed by atoms with Gasteiger partial charge in [0.05, 0.1) is 29.2 Å². The van der Waals surface area contributed by atoms with Crippen LogP contribution in [0, 0.1) is 18.3 Å². The lowest BCUT2D eigenvalue weighted by molar-refractivity contribution is 0.786. The summed E-state index contributed by atoms with van der Waals surface area (Å²) in [5.74, 6) is 0.951. The van der Waals surface area contributed by atoms with Crippen molar-refractivity contribution in [3.63, 3.8) is 0 Å². The molecule has 0 saturated heterocycles. The van der Waals surface area contributed by atoms with Gasteiger partial charge in [-0.15, -0.1) is 0 Å². The maximum Gasteiger partial charge on any atom is 0.107 e. The number of benzene rings is 2. The van der Waals surface area contributed by atoms with Gasteiger partial charge in [-0.05, 0) is 36.8 Å². The average Bonchev–Trinajstić information content (AvgIpc) is 2.77. The van der Waals surface area contributed by atoms with E-state index in [1.54, 1.807) is 12.1 Å². The fourth-order valence-corrected chi connectivity index (χ4v) is 2.55. The topological polar surface area (TPSA) is 41.6 Å². The van der Waals surface area contributed by atoms with E-state index in [1.807, 2.05) is 37.3 Å². The van der Waals surface area contributed by atoms with Crippen molar-refractivity contribution < 1.29 is 0 Å². The van der Waals surface area contributed by atoms with Crippen LogP contribution in [-0.4, -0.2) is 9.55 Å². The summed E-state index contributed by atoms with van der Waals surface area (Å²) < 4.78 is 2.13. The number of para-hydroxylation sites is 2. The third-order valence-electron chi connectivity index (χ3n) is 3.36. The smallest absolute Gasteiger partial charge is 0.107 e. The lowest BCUT2D eigenvalue weighted by atomic mass is 10.1. The first-order valence-corrected chi connectivity index (χ1v) is 6.67. The van der Waals surface area contributed by atoms with Crippen molar-refractivity contribution in [3.05, 3.63) is 64.4 Å². The number of nitriles is 1. The summed E-state index contributed by atoms with van der Waals surface area (Å²) in [6.07, 6.45) is 0. The highest BCUT2D eigenvalue weighted by atomic mass is 35.5. The lowest BCUT2D eigenvalue weighted by Gasteiger charge is -2.09. The fourth-order valence-electron chi connectivity index (χ4n) is 2.31. The van der Waals surface area contributed by atoms with Crippen molar-refractivity contribution in [2.24, 2.45) is 0 Å². The number of nitrogens with zero attached hydrogens (tertiary/aromatic N) is 3. The molecule has 0 aliphatic heterocycles. The van der Waals surface area contributed by atoms with Crippen molar-refractivity contribution in [2.75, 3.05) is 0 Å². The number of aromatic nitrogens is 2. The van der Waals surface area contributed by atoms with Crippen molar-refractivity contribution in [1.82, 2.24) is 9.55 Å². The summed E-state index contributed by atoms with van der Waals surface area (Å²) in [5.41, 5.74) is 3.63. The molecule has 0 spiro atoms. The summed E-state index contributed by atoms with van der Waals surface area (Å²) in [6, 6.07) is 15.5. The Morgan fingerprint density at radius 2 is 2.05 bits per heavy atom. The minimum Gasteiger partial charge on any atom is -0.324 e. The van der Waals surface area contributed by atoms with Crippen molar-refractivity contribution >= 4 is 22.6 Å². The van der Waals surface area contributed by atoms with Crippen LogP contribution in [0.5, 0.6) is 0 Å². The van der Waals surface area contributed by atoms with E-state index in [0.29, 0.717) is 17.1 Å². The minimum absolute atomic E-state index is 0.575. The summed E-state index contributed by atoms with van der Waals surface area (Å²) in [4.78, 5) is 4.54. The summed E-state index contributed by atoms with van der Waals surface area (Å²) in [5, 5.41) is 9.48. The second-order valence-corrected chi connectivity index (χ2v) is 5.06. The van der Waals surface area contributed by atoms with Crippen molar-refractivity contribution in [2.45, 2.75) is 13.5 Å². The van der Waals surface area contributed by atoms with Crippen LogP contribution in [-0.2, 0) is 6.54 Å². The number of imidazole rings is 1. The maximum atomic E-state index is 8.87. The zero-order valence-electron chi connectivity index (χ0n) is 11.0. The maximum absolute atomic E-state index is 8.87. The van der Waals surface area contributed by atoms with Gasteiger partial charge in [-0.3, -0.25) is 0 Å². The fraction of sp³-hybridized carbons (Fsp3) is 0.125. The number of halogens is 1. The van der Waals surface area contributed by atoms with E-state index in [-0.39, 0.29) is 0 Å². The number of rotatable bonds is 2. The molecule has 0 radical (unpaired) electrons. The van der Waals surface area contributed by atoms with E-state index in [0.717, 1.165) is 22.4 Å². The molecule has 0 N–H and O–H groups in total. The van der Waals surface area contributed by atoms with Crippen LogP contribution in [0.4, 0.5) is 0 Å². The number of hydrogen-bond acceptors (Lipinski definition) is 2. The molecule has 0 fully saturated rings. The molecule has 20 heavy (non-hydrogen) atoms. The molecule has 0 unspecified atom stereocenters. The molecule has 1 aromatic heterocycles. The van der Waals surface area contributed by atoms with Gasteiger partial charge in [-0.2, -0.15) is 5.26 Å². The van der Waals surface area contributed by atoms with Gasteiger partial charge in [-0.25, -0.2) is 4.98 Å². The normalized spacial score (nSPS) is 10.7. The summed E-state index contributed by atoms with van der Waals surface area (Å²) >= 11 is 6.24. The van der Waals surface area contributed by atoms with E-state index in [9.17, 15) is 0 Å². The lowest BCUT2D eigenvalue weighted by Crippen LogP contribution is -2.02. The zero-order chi connectivity index (χ0) is 14.1. The number of fused-ring (bicyclic) bond motifs is 1. The van der Waals surface area contributed by atoms with Crippen LogP contribution in [0.15, 0.2) is 42.5 Å². The molecule has 3 nitrogen and oxygen atoms in total. The van der Waals surface area contributed by atoms with Crippen LogP contribution < -0.4 is 0 Å². The summed E-state index contributed by atoms with van der Waals surface area (Å²) in [6.45, 7) is 2.63.